The summed E-state index contributed by atoms with van der Waals surface area (Å²) in [4.78, 5) is 0. The minimum atomic E-state index is 1.12. The highest BCUT2D eigenvalue weighted by atomic mass is 14.6. The van der Waals surface area contributed by atoms with Crippen molar-refractivity contribution in [3.63, 3.8) is 0 Å². The second kappa shape index (κ2) is 2.80. The van der Waals surface area contributed by atoms with Crippen LogP contribution in [0.15, 0.2) is 0 Å². The fourth-order valence-electron chi connectivity index (χ4n) is 3.32. The molecule has 0 aromatic rings. The van der Waals surface area contributed by atoms with Gasteiger partial charge in [0.15, 0.2) is 0 Å². The van der Waals surface area contributed by atoms with E-state index in [-0.39, 0.29) is 0 Å². The first-order valence-corrected chi connectivity index (χ1v) is 5.36. The Morgan fingerprint density at radius 2 is 2.00 bits per heavy atom. The highest BCUT2D eigenvalue weighted by molar-refractivity contribution is 5.00. The quantitative estimate of drug-likeness (QED) is 0.581. The van der Waals surface area contributed by atoms with Crippen LogP contribution in [-0.2, 0) is 0 Å². The molecule has 2 rings (SSSR count). The molecule has 0 radical (unpaired) electrons. The Balaban J connectivity index is 1.90. The highest BCUT2D eigenvalue weighted by Gasteiger charge is 2.51. The van der Waals surface area contributed by atoms with Crippen LogP contribution in [0.3, 0.4) is 0 Å². The van der Waals surface area contributed by atoms with Gasteiger partial charge in [-0.05, 0) is 36.5 Å². The summed E-state index contributed by atoms with van der Waals surface area (Å²) in [6, 6.07) is 0. The Morgan fingerprint density at radius 1 is 1.18 bits per heavy atom. The summed E-state index contributed by atoms with van der Waals surface area (Å²) >= 11 is 0. The van der Waals surface area contributed by atoms with Gasteiger partial charge in [0, 0.05) is 0 Å². The van der Waals surface area contributed by atoms with E-state index < -0.39 is 0 Å². The molecule has 0 N–H and O–H groups in total. The van der Waals surface area contributed by atoms with Gasteiger partial charge in [-0.1, -0.05) is 33.1 Å². The molecule has 4 atom stereocenters. The molecule has 4 unspecified atom stereocenters. The maximum atomic E-state index is 2.38. The van der Waals surface area contributed by atoms with Gasteiger partial charge in [0.1, 0.15) is 0 Å². The third-order valence-corrected chi connectivity index (χ3v) is 3.87. The summed E-state index contributed by atoms with van der Waals surface area (Å²) in [5.74, 6) is 4.60. The molecular formula is C11H20. The molecule has 0 aliphatic heterocycles. The summed E-state index contributed by atoms with van der Waals surface area (Å²) in [5.41, 5.74) is 0. The minimum absolute atomic E-state index is 1.12. The predicted octanol–water partition coefficient (Wildman–Crippen LogP) is 3.47. The van der Waals surface area contributed by atoms with Gasteiger partial charge in [0.05, 0.1) is 0 Å². The van der Waals surface area contributed by atoms with Gasteiger partial charge in [0.25, 0.3) is 0 Å². The van der Waals surface area contributed by atoms with Gasteiger partial charge >= 0.3 is 0 Å². The first-order valence-electron chi connectivity index (χ1n) is 5.36. The van der Waals surface area contributed by atoms with Crippen molar-refractivity contribution in [1.29, 1.82) is 0 Å². The molecule has 0 spiro atoms. The van der Waals surface area contributed by atoms with E-state index in [1.54, 1.807) is 12.8 Å². The molecule has 2 aliphatic carbocycles. The van der Waals surface area contributed by atoms with Crippen LogP contribution in [0, 0.1) is 23.7 Å². The van der Waals surface area contributed by atoms with Crippen LogP contribution in [0.2, 0.25) is 0 Å². The third kappa shape index (κ3) is 1.21. The van der Waals surface area contributed by atoms with Crippen LogP contribution in [-0.4, -0.2) is 0 Å². The van der Waals surface area contributed by atoms with Gasteiger partial charge in [-0.3, -0.25) is 0 Å². The van der Waals surface area contributed by atoms with Crippen LogP contribution in [0.5, 0.6) is 0 Å². The lowest BCUT2D eigenvalue weighted by Gasteiger charge is -2.20. The molecule has 0 saturated heterocycles. The lowest BCUT2D eigenvalue weighted by atomic mass is 9.86. The van der Waals surface area contributed by atoms with Gasteiger partial charge in [-0.2, -0.15) is 0 Å². The molecule has 2 aliphatic rings. The Labute approximate surface area is 70.4 Å². The fraction of sp³-hybridized carbons (Fsp3) is 1.00. The molecule has 0 amide bonds. The second-order valence-corrected chi connectivity index (χ2v) is 4.52. The summed E-state index contributed by atoms with van der Waals surface area (Å²) < 4.78 is 0. The smallest absolute Gasteiger partial charge is 0.0352 e. The molecular weight excluding hydrogens is 132 g/mol. The molecule has 0 heterocycles. The van der Waals surface area contributed by atoms with Gasteiger partial charge in [-0.15, -0.1) is 0 Å². The topological polar surface area (TPSA) is 0 Å². The van der Waals surface area contributed by atoms with Crippen molar-refractivity contribution in [1.82, 2.24) is 0 Å². The SMILES string of the molecule is CCCC1CC2CC2C1CC. The fourth-order valence-corrected chi connectivity index (χ4v) is 3.32. The monoisotopic (exact) mass is 152 g/mol. The van der Waals surface area contributed by atoms with E-state index in [4.69, 9.17) is 0 Å². The molecule has 11 heavy (non-hydrogen) atoms. The molecule has 0 heteroatoms. The first-order chi connectivity index (χ1) is 5.36. The number of hydrogen-bond acceptors (Lipinski definition) is 0. The van der Waals surface area contributed by atoms with E-state index >= 15 is 0 Å². The van der Waals surface area contributed by atoms with Gasteiger partial charge in [-0.25, -0.2) is 0 Å². The average Bonchev–Trinajstić information content (AvgIpc) is 2.65. The maximum Gasteiger partial charge on any atom is -0.0352 e. The van der Waals surface area contributed by atoms with Crippen LogP contribution >= 0.6 is 0 Å². The van der Waals surface area contributed by atoms with E-state index in [2.05, 4.69) is 13.8 Å². The average molecular weight is 152 g/mol. The Morgan fingerprint density at radius 3 is 2.64 bits per heavy atom. The van der Waals surface area contributed by atoms with E-state index in [1.165, 1.54) is 31.1 Å². The Kier molecular flexibility index (Phi) is 1.95. The standard InChI is InChI=1S/C11H20/c1-3-5-8-6-9-7-11(9)10(8)4-2/h8-11H,3-7H2,1-2H3. The lowest BCUT2D eigenvalue weighted by Crippen LogP contribution is -2.10. The molecule has 0 nitrogen and oxygen atoms in total. The largest absolute Gasteiger partial charge is 0.0654 e. The Hall–Kier alpha value is 0. The van der Waals surface area contributed by atoms with Crippen LogP contribution in [0.25, 0.3) is 0 Å². The van der Waals surface area contributed by atoms with E-state index in [0.29, 0.717) is 0 Å². The maximum absolute atomic E-state index is 2.38. The third-order valence-electron chi connectivity index (χ3n) is 3.87. The zero-order chi connectivity index (χ0) is 7.84. The molecule has 0 aromatic carbocycles. The molecule has 2 saturated carbocycles. The van der Waals surface area contributed by atoms with Crippen molar-refractivity contribution in [2.24, 2.45) is 23.7 Å². The van der Waals surface area contributed by atoms with E-state index in [9.17, 15) is 0 Å². The van der Waals surface area contributed by atoms with E-state index in [1.807, 2.05) is 0 Å². The second-order valence-electron chi connectivity index (χ2n) is 4.52. The molecule has 0 aromatic heterocycles. The van der Waals surface area contributed by atoms with E-state index in [0.717, 1.165) is 11.8 Å². The van der Waals surface area contributed by atoms with Crippen molar-refractivity contribution >= 4 is 0 Å². The predicted molar refractivity (Wildman–Crippen MR) is 48.4 cm³/mol. The summed E-state index contributed by atoms with van der Waals surface area (Å²) in [5, 5.41) is 0. The molecule has 64 valence electrons. The molecule has 2 fully saturated rings. The number of rotatable bonds is 3. The van der Waals surface area contributed by atoms with Crippen molar-refractivity contribution in [3.05, 3.63) is 0 Å². The highest BCUT2D eigenvalue weighted by Crippen LogP contribution is 2.59. The zero-order valence-electron chi connectivity index (χ0n) is 7.84. The summed E-state index contributed by atoms with van der Waals surface area (Å²) in [6.07, 6.45) is 7.52. The summed E-state index contributed by atoms with van der Waals surface area (Å²) in [6.45, 7) is 4.71. The lowest BCUT2D eigenvalue weighted by molar-refractivity contribution is 0.306. The normalized spacial score (nSPS) is 47.5. The van der Waals surface area contributed by atoms with Crippen LogP contribution in [0.1, 0.15) is 46.0 Å². The van der Waals surface area contributed by atoms with Gasteiger partial charge < -0.3 is 0 Å². The minimum Gasteiger partial charge on any atom is -0.0654 e. The zero-order valence-corrected chi connectivity index (χ0v) is 7.84. The van der Waals surface area contributed by atoms with Crippen molar-refractivity contribution in [2.45, 2.75) is 46.0 Å². The van der Waals surface area contributed by atoms with Crippen molar-refractivity contribution < 1.29 is 0 Å². The van der Waals surface area contributed by atoms with Crippen molar-refractivity contribution in [2.75, 3.05) is 0 Å². The molecule has 0 bridgehead atoms. The Bertz CT molecular complexity index is 139. The first kappa shape index (κ1) is 7.64. The van der Waals surface area contributed by atoms with Crippen LogP contribution in [0.4, 0.5) is 0 Å². The van der Waals surface area contributed by atoms with Crippen molar-refractivity contribution in [3.8, 4) is 0 Å². The summed E-state index contributed by atoms with van der Waals surface area (Å²) in [7, 11) is 0. The number of fused-ring (bicyclic) bond motifs is 1. The van der Waals surface area contributed by atoms with Gasteiger partial charge in [0.2, 0.25) is 0 Å². The van der Waals surface area contributed by atoms with Crippen LogP contribution < -0.4 is 0 Å². The number of hydrogen-bond donors (Lipinski definition) is 0.